The van der Waals surface area contributed by atoms with Crippen LogP contribution in [0.4, 0.5) is 13.2 Å². The van der Waals surface area contributed by atoms with Gasteiger partial charge in [-0.2, -0.15) is 0 Å². The van der Waals surface area contributed by atoms with Gasteiger partial charge in [-0.3, -0.25) is 0 Å². The van der Waals surface area contributed by atoms with Crippen LogP contribution in [0.25, 0.3) is 0 Å². The molecule has 0 aliphatic carbocycles. The van der Waals surface area contributed by atoms with Crippen LogP contribution in [0, 0.1) is 6.92 Å². The van der Waals surface area contributed by atoms with Crippen molar-refractivity contribution in [2.24, 2.45) is 0 Å². The van der Waals surface area contributed by atoms with Crippen LogP contribution in [-0.2, 0) is 0 Å². The summed E-state index contributed by atoms with van der Waals surface area (Å²) in [6.45, 7) is 1.53. The second-order valence-corrected chi connectivity index (χ2v) is 3.55. The molecule has 1 aromatic rings. The molecule has 0 unspecified atom stereocenters. The molecule has 0 saturated carbocycles. The molecule has 0 bridgehead atoms. The second-order valence-electron chi connectivity index (χ2n) is 2.40. The number of hydrogen-bond acceptors (Lipinski definition) is 2. The fourth-order valence-corrected chi connectivity index (χ4v) is 1.37. The third kappa shape index (κ3) is 2.75. The SMILES string of the molecule is Cc1c(Cl)ncc(OC(F)(F)F)c1Br. The zero-order valence-corrected chi connectivity index (χ0v) is 9.16. The number of halogens is 5. The first kappa shape index (κ1) is 11.6. The van der Waals surface area contributed by atoms with E-state index in [2.05, 4.69) is 25.7 Å². The number of ether oxygens (including phenoxy) is 1. The van der Waals surface area contributed by atoms with Crippen molar-refractivity contribution in [2.45, 2.75) is 13.3 Å². The van der Waals surface area contributed by atoms with E-state index in [1.54, 1.807) is 0 Å². The van der Waals surface area contributed by atoms with Gasteiger partial charge in [0.25, 0.3) is 0 Å². The van der Waals surface area contributed by atoms with Gasteiger partial charge in [0.2, 0.25) is 0 Å². The van der Waals surface area contributed by atoms with Gasteiger partial charge in [0.1, 0.15) is 5.15 Å². The Morgan fingerprint density at radius 1 is 1.50 bits per heavy atom. The maximum absolute atomic E-state index is 11.8. The van der Waals surface area contributed by atoms with E-state index in [0.717, 1.165) is 6.20 Å². The molecule has 1 heterocycles. The molecule has 0 amide bonds. The Hall–Kier alpha value is -0.490. The van der Waals surface area contributed by atoms with Gasteiger partial charge in [0.05, 0.1) is 10.7 Å². The zero-order valence-electron chi connectivity index (χ0n) is 6.82. The van der Waals surface area contributed by atoms with E-state index < -0.39 is 12.1 Å². The predicted molar refractivity (Wildman–Crippen MR) is 48.4 cm³/mol. The number of hydrogen-bond donors (Lipinski definition) is 0. The number of pyridine rings is 1. The molecule has 14 heavy (non-hydrogen) atoms. The van der Waals surface area contributed by atoms with E-state index in [1.807, 2.05) is 0 Å². The molecule has 0 aliphatic rings. The standard InChI is InChI=1S/C7H4BrClF3NO/c1-3-5(8)4(2-13-6(3)9)14-7(10,11)12/h2H,1H3. The monoisotopic (exact) mass is 289 g/mol. The minimum atomic E-state index is -4.73. The normalized spacial score (nSPS) is 11.6. The maximum atomic E-state index is 11.8. The van der Waals surface area contributed by atoms with Gasteiger partial charge in [0, 0.05) is 5.56 Å². The molecule has 1 rings (SSSR count). The summed E-state index contributed by atoms with van der Waals surface area (Å²) in [6.07, 6.45) is -3.82. The van der Waals surface area contributed by atoms with Crippen LogP contribution in [-0.4, -0.2) is 11.3 Å². The largest absolute Gasteiger partial charge is 0.573 e. The van der Waals surface area contributed by atoms with Crippen LogP contribution in [0.5, 0.6) is 5.75 Å². The van der Waals surface area contributed by atoms with Gasteiger partial charge >= 0.3 is 6.36 Å². The summed E-state index contributed by atoms with van der Waals surface area (Å²) in [6, 6.07) is 0. The summed E-state index contributed by atoms with van der Waals surface area (Å²) in [5.74, 6) is -0.403. The van der Waals surface area contributed by atoms with Crippen molar-refractivity contribution >= 4 is 27.5 Å². The summed E-state index contributed by atoms with van der Waals surface area (Å²) in [5, 5.41) is 0.131. The number of alkyl halides is 3. The van der Waals surface area contributed by atoms with Gasteiger partial charge in [-0.25, -0.2) is 4.98 Å². The average molecular weight is 290 g/mol. The van der Waals surface area contributed by atoms with E-state index >= 15 is 0 Å². The second kappa shape index (κ2) is 3.94. The van der Waals surface area contributed by atoms with Crippen molar-refractivity contribution < 1.29 is 17.9 Å². The lowest BCUT2D eigenvalue weighted by Crippen LogP contribution is -2.17. The summed E-state index contributed by atoms with van der Waals surface area (Å²) < 4.78 is 39.4. The molecule has 0 fully saturated rings. The molecule has 78 valence electrons. The summed E-state index contributed by atoms with van der Waals surface area (Å²) in [4.78, 5) is 3.53. The van der Waals surface area contributed by atoms with E-state index in [-0.39, 0.29) is 9.63 Å². The molecule has 0 aliphatic heterocycles. The molecule has 7 heteroatoms. The molecule has 1 aromatic heterocycles. The molecule has 0 spiro atoms. The molecule has 0 aromatic carbocycles. The van der Waals surface area contributed by atoms with Gasteiger partial charge < -0.3 is 4.74 Å². The summed E-state index contributed by atoms with van der Waals surface area (Å²) in [7, 11) is 0. The molecular formula is C7H4BrClF3NO. The third-order valence-electron chi connectivity index (χ3n) is 1.38. The van der Waals surface area contributed by atoms with E-state index in [1.165, 1.54) is 6.92 Å². The van der Waals surface area contributed by atoms with Crippen LogP contribution in [0.15, 0.2) is 10.7 Å². The van der Waals surface area contributed by atoms with Crippen LogP contribution >= 0.6 is 27.5 Å². The van der Waals surface area contributed by atoms with Crippen molar-refractivity contribution in [3.05, 3.63) is 21.4 Å². The highest BCUT2D eigenvalue weighted by atomic mass is 79.9. The Labute approximate surface area is 91.2 Å². The Morgan fingerprint density at radius 2 is 2.07 bits per heavy atom. The first-order valence-corrected chi connectivity index (χ1v) is 4.54. The van der Waals surface area contributed by atoms with E-state index in [4.69, 9.17) is 11.6 Å². The van der Waals surface area contributed by atoms with Crippen molar-refractivity contribution in [2.75, 3.05) is 0 Å². The highest BCUT2D eigenvalue weighted by Gasteiger charge is 2.32. The van der Waals surface area contributed by atoms with E-state index in [9.17, 15) is 13.2 Å². The Kier molecular flexibility index (Phi) is 3.26. The van der Waals surface area contributed by atoms with Crippen LogP contribution in [0.1, 0.15) is 5.56 Å². The highest BCUT2D eigenvalue weighted by molar-refractivity contribution is 9.10. The van der Waals surface area contributed by atoms with E-state index in [0.29, 0.717) is 5.56 Å². The minimum absolute atomic E-state index is 0.131. The first-order valence-electron chi connectivity index (χ1n) is 3.37. The molecule has 2 nitrogen and oxygen atoms in total. The average Bonchev–Trinajstić information content (AvgIpc) is 2.04. The number of nitrogens with zero attached hydrogens (tertiary/aromatic N) is 1. The van der Waals surface area contributed by atoms with Crippen molar-refractivity contribution in [3.8, 4) is 5.75 Å². The summed E-state index contributed by atoms with van der Waals surface area (Å²) in [5.41, 5.74) is 0.397. The lowest BCUT2D eigenvalue weighted by atomic mass is 10.3. The quantitative estimate of drug-likeness (QED) is 0.736. The molecule has 0 radical (unpaired) electrons. The van der Waals surface area contributed by atoms with Gasteiger partial charge in [-0.1, -0.05) is 11.6 Å². The molecule has 0 saturated heterocycles. The number of rotatable bonds is 1. The minimum Gasteiger partial charge on any atom is -0.403 e. The van der Waals surface area contributed by atoms with Gasteiger partial charge in [-0.05, 0) is 22.9 Å². The zero-order chi connectivity index (χ0) is 10.9. The number of aromatic nitrogens is 1. The highest BCUT2D eigenvalue weighted by Crippen LogP contribution is 2.34. The van der Waals surface area contributed by atoms with Crippen LogP contribution < -0.4 is 4.74 Å². The van der Waals surface area contributed by atoms with Crippen LogP contribution in [0.3, 0.4) is 0 Å². The summed E-state index contributed by atoms with van der Waals surface area (Å²) >= 11 is 8.51. The molecule has 0 N–H and O–H groups in total. The predicted octanol–water partition coefficient (Wildman–Crippen LogP) is 3.70. The van der Waals surface area contributed by atoms with Gasteiger partial charge in [0.15, 0.2) is 5.75 Å². The first-order chi connectivity index (χ1) is 6.31. The lowest BCUT2D eigenvalue weighted by molar-refractivity contribution is -0.275. The Bertz CT molecular complexity index is 356. The van der Waals surface area contributed by atoms with Gasteiger partial charge in [-0.15, -0.1) is 13.2 Å². The molecular weight excluding hydrogens is 286 g/mol. The Balaban J connectivity index is 3.06. The van der Waals surface area contributed by atoms with Crippen molar-refractivity contribution in [1.82, 2.24) is 4.98 Å². The Morgan fingerprint density at radius 3 is 2.57 bits per heavy atom. The topological polar surface area (TPSA) is 22.1 Å². The lowest BCUT2D eigenvalue weighted by Gasteiger charge is -2.11. The molecule has 0 atom stereocenters. The van der Waals surface area contributed by atoms with Crippen molar-refractivity contribution in [1.29, 1.82) is 0 Å². The smallest absolute Gasteiger partial charge is 0.403 e. The van der Waals surface area contributed by atoms with Crippen molar-refractivity contribution in [3.63, 3.8) is 0 Å². The van der Waals surface area contributed by atoms with Crippen LogP contribution in [0.2, 0.25) is 5.15 Å². The fraction of sp³-hybridized carbons (Fsp3) is 0.286. The third-order valence-corrected chi connectivity index (χ3v) is 2.74. The fourth-order valence-electron chi connectivity index (χ4n) is 0.740. The maximum Gasteiger partial charge on any atom is 0.573 e.